The van der Waals surface area contributed by atoms with Gasteiger partial charge in [-0.1, -0.05) is 6.92 Å². The van der Waals surface area contributed by atoms with E-state index in [4.69, 9.17) is 15.6 Å². The van der Waals surface area contributed by atoms with Gasteiger partial charge >= 0.3 is 5.97 Å². The maximum atomic E-state index is 11.0. The molecule has 1 atom stereocenters. The summed E-state index contributed by atoms with van der Waals surface area (Å²) in [4.78, 5) is 17.1. The predicted octanol–water partition coefficient (Wildman–Crippen LogP) is 0.977. The number of hydrogen-bond acceptors (Lipinski definition) is 5. The molecule has 3 N–H and O–H groups in total. The lowest BCUT2D eigenvalue weighted by Crippen LogP contribution is -2.46. The van der Waals surface area contributed by atoms with Gasteiger partial charge in [-0.05, 0) is 18.6 Å². The highest BCUT2D eigenvalue weighted by molar-refractivity contribution is 5.87. The summed E-state index contributed by atoms with van der Waals surface area (Å²) >= 11 is 0. The van der Waals surface area contributed by atoms with E-state index in [1.807, 2.05) is 4.90 Å². The van der Waals surface area contributed by atoms with Gasteiger partial charge in [-0.25, -0.2) is 9.78 Å². The number of hydrogen-bond donors (Lipinski definition) is 2. The number of carbonyl (C=O) groups is 1. The Balaban J connectivity index is 2.35. The minimum Gasteiger partial charge on any atom is -0.477 e. The van der Waals surface area contributed by atoms with Crippen LogP contribution in [0.1, 0.15) is 23.8 Å². The van der Waals surface area contributed by atoms with E-state index < -0.39 is 5.97 Å². The number of carboxylic acid groups (broad SMARTS) is 1. The largest absolute Gasteiger partial charge is 0.477 e. The second kappa shape index (κ2) is 5.22. The van der Waals surface area contributed by atoms with Crippen molar-refractivity contribution in [1.82, 2.24) is 4.98 Å². The van der Waals surface area contributed by atoms with Crippen molar-refractivity contribution in [2.75, 3.05) is 30.4 Å². The maximum Gasteiger partial charge on any atom is 0.354 e. The van der Waals surface area contributed by atoms with Crippen LogP contribution in [0, 0.1) is 0 Å². The van der Waals surface area contributed by atoms with Crippen molar-refractivity contribution in [3.8, 4) is 0 Å². The van der Waals surface area contributed by atoms with Crippen LogP contribution in [0.4, 0.5) is 11.5 Å². The van der Waals surface area contributed by atoms with Crippen LogP contribution in [-0.4, -0.2) is 41.9 Å². The number of aromatic nitrogens is 1. The third-order valence-electron chi connectivity index (χ3n) is 3.10. The summed E-state index contributed by atoms with van der Waals surface area (Å²) in [6.07, 6.45) is 0.901. The highest BCUT2D eigenvalue weighted by Crippen LogP contribution is 2.25. The van der Waals surface area contributed by atoms with Crippen LogP contribution in [0.3, 0.4) is 0 Å². The Bertz CT molecular complexity index is 450. The number of nitrogens with two attached hydrogens (primary N) is 1. The van der Waals surface area contributed by atoms with Gasteiger partial charge in [-0.3, -0.25) is 0 Å². The molecule has 0 saturated carbocycles. The number of carboxylic acids is 1. The number of morpholine rings is 1. The smallest absolute Gasteiger partial charge is 0.354 e. The van der Waals surface area contributed by atoms with E-state index >= 15 is 0 Å². The molecule has 0 aliphatic carbocycles. The normalized spacial score (nSPS) is 19.8. The minimum absolute atomic E-state index is 0.0144. The van der Waals surface area contributed by atoms with E-state index in [0.29, 0.717) is 31.3 Å². The van der Waals surface area contributed by atoms with Gasteiger partial charge in [0.1, 0.15) is 0 Å². The quantitative estimate of drug-likeness (QED) is 0.832. The van der Waals surface area contributed by atoms with Gasteiger partial charge in [0, 0.05) is 6.54 Å². The Hall–Kier alpha value is -1.82. The molecule has 1 aliphatic rings. The van der Waals surface area contributed by atoms with Crippen LogP contribution < -0.4 is 10.6 Å². The second-order valence-corrected chi connectivity index (χ2v) is 4.24. The molecule has 98 valence electrons. The third-order valence-corrected chi connectivity index (χ3v) is 3.10. The van der Waals surface area contributed by atoms with E-state index in [2.05, 4.69) is 11.9 Å². The zero-order chi connectivity index (χ0) is 13.1. The lowest BCUT2D eigenvalue weighted by Gasteiger charge is -2.36. The van der Waals surface area contributed by atoms with E-state index in [9.17, 15) is 4.79 Å². The summed E-state index contributed by atoms with van der Waals surface area (Å²) in [6, 6.07) is 3.20. The number of nitrogen functional groups attached to an aromatic ring is 1. The number of pyridine rings is 1. The molecule has 0 amide bonds. The van der Waals surface area contributed by atoms with Gasteiger partial charge in [0.05, 0.1) is 24.9 Å². The first-order valence-electron chi connectivity index (χ1n) is 5.97. The average Bonchev–Trinajstić information content (AvgIpc) is 2.39. The topological polar surface area (TPSA) is 88.7 Å². The lowest BCUT2D eigenvalue weighted by atomic mass is 10.1. The number of nitrogens with zero attached hydrogens (tertiary/aromatic N) is 2. The standard InChI is InChI=1S/C12H17N3O3/c1-2-8-7-18-6-5-15(8)11-9(13)3-4-10(14-11)12(16)17/h3-4,8H,2,5-7,13H2,1H3,(H,16,17). The highest BCUT2D eigenvalue weighted by Gasteiger charge is 2.25. The van der Waals surface area contributed by atoms with Gasteiger partial charge in [0.2, 0.25) is 0 Å². The van der Waals surface area contributed by atoms with Crippen LogP contribution in [-0.2, 0) is 4.74 Å². The molecule has 6 heteroatoms. The van der Waals surface area contributed by atoms with Crippen molar-refractivity contribution in [2.45, 2.75) is 19.4 Å². The molecule has 0 aromatic carbocycles. The summed E-state index contributed by atoms with van der Waals surface area (Å²) in [6.45, 7) is 3.96. The lowest BCUT2D eigenvalue weighted by molar-refractivity contribution is 0.0690. The summed E-state index contributed by atoms with van der Waals surface area (Å²) in [5.74, 6) is -0.498. The molecule has 1 fully saturated rings. The van der Waals surface area contributed by atoms with Gasteiger partial charge in [-0.15, -0.1) is 0 Å². The molecular weight excluding hydrogens is 234 g/mol. The number of rotatable bonds is 3. The third kappa shape index (κ3) is 2.38. The molecule has 1 aromatic rings. The molecule has 18 heavy (non-hydrogen) atoms. The molecule has 1 aromatic heterocycles. The predicted molar refractivity (Wildman–Crippen MR) is 67.9 cm³/mol. The van der Waals surface area contributed by atoms with Gasteiger partial charge in [0.15, 0.2) is 11.5 Å². The molecule has 1 saturated heterocycles. The van der Waals surface area contributed by atoms with Crippen LogP contribution in [0.5, 0.6) is 0 Å². The van der Waals surface area contributed by atoms with Crippen molar-refractivity contribution in [2.24, 2.45) is 0 Å². The number of anilines is 2. The van der Waals surface area contributed by atoms with E-state index in [-0.39, 0.29) is 11.7 Å². The van der Waals surface area contributed by atoms with Crippen molar-refractivity contribution in [1.29, 1.82) is 0 Å². The number of aromatic carboxylic acids is 1. The van der Waals surface area contributed by atoms with Crippen molar-refractivity contribution < 1.29 is 14.6 Å². The molecule has 0 spiro atoms. The Morgan fingerprint density at radius 3 is 3.11 bits per heavy atom. The van der Waals surface area contributed by atoms with Crippen molar-refractivity contribution in [3.63, 3.8) is 0 Å². The molecule has 0 radical (unpaired) electrons. The average molecular weight is 251 g/mol. The monoisotopic (exact) mass is 251 g/mol. The molecular formula is C12H17N3O3. The van der Waals surface area contributed by atoms with E-state index in [1.54, 1.807) is 6.07 Å². The first-order chi connectivity index (χ1) is 8.63. The Labute approximate surface area is 105 Å². The SMILES string of the molecule is CCC1COCCN1c1nc(C(=O)O)ccc1N. The Morgan fingerprint density at radius 1 is 1.67 bits per heavy atom. The molecule has 0 bridgehead atoms. The summed E-state index contributed by atoms with van der Waals surface area (Å²) in [5.41, 5.74) is 6.41. The van der Waals surface area contributed by atoms with Crippen molar-refractivity contribution >= 4 is 17.5 Å². The van der Waals surface area contributed by atoms with Crippen LogP contribution in [0.2, 0.25) is 0 Å². The van der Waals surface area contributed by atoms with Gasteiger partial charge < -0.3 is 20.5 Å². The highest BCUT2D eigenvalue weighted by atomic mass is 16.5. The molecule has 2 heterocycles. The van der Waals surface area contributed by atoms with Crippen molar-refractivity contribution in [3.05, 3.63) is 17.8 Å². The zero-order valence-electron chi connectivity index (χ0n) is 10.3. The van der Waals surface area contributed by atoms with Crippen LogP contribution in [0.25, 0.3) is 0 Å². The first kappa shape index (κ1) is 12.6. The minimum atomic E-state index is -1.04. The fraction of sp³-hybridized carbons (Fsp3) is 0.500. The zero-order valence-corrected chi connectivity index (χ0v) is 10.3. The van der Waals surface area contributed by atoms with Crippen LogP contribution in [0.15, 0.2) is 12.1 Å². The van der Waals surface area contributed by atoms with E-state index in [0.717, 1.165) is 6.42 Å². The fourth-order valence-electron chi connectivity index (χ4n) is 2.08. The second-order valence-electron chi connectivity index (χ2n) is 4.24. The number of ether oxygens (including phenoxy) is 1. The molecule has 1 unspecified atom stereocenters. The summed E-state index contributed by atoms with van der Waals surface area (Å²) < 4.78 is 5.42. The van der Waals surface area contributed by atoms with Crippen LogP contribution >= 0.6 is 0 Å². The molecule has 1 aliphatic heterocycles. The Morgan fingerprint density at radius 2 is 2.44 bits per heavy atom. The van der Waals surface area contributed by atoms with E-state index in [1.165, 1.54) is 6.07 Å². The molecule has 6 nitrogen and oxygen atoms in total. The summed E-state index contributed by atoms with van der Waals surface area (Å²) in [7, 11) is 0. The first-order valence-corrected chi connectivity index (χ1v) is 5.97. The maximum absolute atomic E-state index is 11.0. The van der Waals surface area contributed by atoms with Gasteiger partial charge in [0.25, 0.3) is 0 Å². The Kier molecular flexibility index (Phi) is 3.66. The fourth-order valence-corrected chi connectivity index (χ4v) is 2.08. The summed E-state index contributed by atoms with van der Waals surface area (Å²) in [5, 5.41) is 8.98. The van der Waals surface area contributed by atoms with Gasteiger partial charge in [-0.2, -0.15) is 0 Å². The molecule has 2 rings (SSSR count).